The Labute approximate surface area is 175 Å². The van der Waals surface area contributed by atoms with Crippen LogP contribution in [0.2, 0.25) is 0 Å². The van der Waals surface area contributed by atoms with Gasteiger partial charge in [-0.25, -0.2) is 4.79 Å². The second kappa shape index (κ2) is 11.9. The number of amides is 1. The third kappa shape index (κ3) is 7.32. The van der Waals surface area contributed by atoms with E-state index in [1.54, 1.807) is 18.2 Å². The van der Waals surface area contributed by atoms with Crippen molar-refractivity contribution in [2.24, 2.45) is 0 Å². The van der Waals surface area contributed by atoms with Gasteiger partial charge in [0.1, 0.15) is 6.07 Å². The molecule has 0 bridgehead atoms. The molecule has 30 heavy (non-hydrogen) atoms. The molecule has 0 unspecified atom stereocenters. The number of esters is 1. The Morgan fingerprint density at radius 3 is 2.63 bits per heavy atom. The van der Waals surface area contributed by atoms with Gasteiger partial charge in [-0.1, -0.05) is 43.3 Å². The van der Waals surface area contributed by atoms with E-state index in [1.807, 2.05) is 43.3 Å². The SMILES string of the molecule is COc1cc(/C=C/C(=O)OCC(=O)NC[C@H](C)c2ccccc2)ccc1OCC#N. The van der Waals surface area contributed by atoms with Crippen LogP contribution in [-0.4, -0.2) is 38.7 Å². The molecule has 0 fully saturated rings. The molecule has 2 aromatic carbocycles. The van der Waals surface area contributed by atoms with E-state index in [0.29, 0.717) is 23.6 Å². The average Bonchev–Trinajstić information content (AvgIpc) is 2.79. The van der Waals surface area contributed by atoms with Crippen LogP contribution < -0.4 is 14.8 Å². The van der Waals surface area contributed by atoms with Gasteiger partial charge in [0.25, 0.3) is 5.91 Å². The molecule has 0 saturated heterocycles. The predicted molar refractivity (Wildman–Crippen MR) is 112 cm³/mol. The van der Waals surface area contributed by atoms with Gasteiger partial charge in [-0.2, -0.15) is 5.26 Å². The predicted octanol–water partition coefficient (Wildman–Crippen LogP) is 3.07. The van der Waals surface area contributed by atoms with E-state index in [0.717, 1.165) is 5.56 Å². The molecule has 7 nitrogen and oxygen atoms in total. The molecular formula is C23H24N2O5. The number of methoxy groups -OCH3 is 1. The van der Waals surface area contributed by atoms with Crippen LogP contribution in [0.3, 0.4) is 0 Å². The summed E-state index contributed by atoms with van der Waals surface area (Å²) >= 11 is 0. The molecule has 0 aliphatic heterocycles. The largest absolute Gasteiger partial charge is 0.493 e. The van der Waals surface area contributed by atoms with E-state index < -0.39 is 5.97 Å². The molecule has 2 rings (SSSR count). The normalized spacial score (nSPS) is 11.4. The van der Waals surface area contributed by atoms with Gasteiger partial charge in [0.15, 0.2) is 24.7 Å². The number of carbonyl (C=O) groups excluding carboxylic acids is 2. The minimum Gasteiger partial charge on any atom is -0.493 e. The van der Waals surface area contributed by atoms with Crippen molar-refractivity contribution >= 4 is 18.0 Å². The molecule has 0 aromatic heterocycles. The van der Waals surface area contributed by atoms with E-state index >= 15 is 0 Å². The summed E-state index contributed by atoms with van der Waals surface area (Å²) in [4.78, 5) is 23.8. The van der Waals surface area contributed by atoms with Crippen molar-refractivity contribution in [3.8, 4) is 17.6 Å². The fraction of sp³-hybridized carbons (Fsp3) is 0.261. The number of nitriles is 1. The topological polar surface area (TPSA) is 97.7 Å². The summed E-state index contributed by atoms with van der Waals surface area (Å²) < 4.78 is 15.4. The van der Waals surface area contributed by atoms with Crippen LogP contribution in [0.4, 0.5) is 0 Å². The quantitative estimate of drug-likeness (QED) is 0.479. The first-order chi connectivity index (χ1) is 14.5. The van der Waals surface area contributed by atoms with Gasteiger partial charge in [0, 0.05) is 12.6 Å². The summed E-state index contributed by atoms with van der Waals surface area (Å²) in [5.74, 6) is 0.0268. The molecule has 2 aromatic rings. The number of ether oxygens (including phenoxy) is 3. The highest BCUT2D eigenvalue weighted by Crippen LogP contribution is 2.28. The van der Waals surface area contributed by atoms with Gasteiger partial charge in [-0.05, 0) is 35.3 Å². The Hall–Kier alpha value is -3.79. The minimum atomic E-state index is -0.634. The molecule has 0 aliphatic carbocycles. The van der Waals surface area contributed by atoms with Crippen molar-refractivity contribution in [3.63, 3.8) is 0 Å². The number of hydrogen-bond acceptors (Lipinski definition) is 6. The number of nitrogens with one attached hydrogen (secondary N) is 1. The van der Waals surface area contributed by atoms with Crippen molar-refractivity contribution in [1.29, 1.82) is 5.26 Å². The fourth-order valence-corrected chi connectivity index (χ4v) is 2.58. The molecule has 1 amide bonds. The van der Waals surface area contributed by atoms with Gasteiger partial charge in [0.05, 0.1) is 7.11 Å². The highest BCUT2D eigenvalue weighted by molar-refractivity contribution is 5.89. The summed E-state index contributed by atoms with van der Waals surface area (Å²) in [5.41, 5.74) is 1.80. The lowest BCUT2D eigenvalue weighted by Gasteiger charge is -2.12. The lowest BCUT2D eigenvalue weighted by Crippen LogP contribution is -2.31. The van der Waals surface area contributed by atoms with Crippen LogP contribution in [-0.2, 0) is 14.3 Å². The molecule has 0 saturated carbocycles. The lowest BCUT2D eigenvalue weighted by atomic mass is 10.0. The van der Waals surface area contributed by atoms with Gasteiger partial charge in [0.2, 0.25) is 0 Å². The van der Waals surface area contributed by atoms with Crippen LogP contribution in [0.5, 0.6) is 11.5 Å². The smallest absolute Gasteiger partial charge is 0.331 e. The molecule has 1 atom stereocenters. The fourth-order valence-electron chi connectivity index (χ4n) is 2.58. The molecule has 0 aliphatic rings. The van der Waals surface area contributed by atoms with E-state index in [4.69, 9.17) is 19.5 Å². The Kier molecular flexibility index (Phi) is 8.94. The van der Waals surface area contributed by atoms with Crippen LogP contribution >= 0.6 is 0 Å². The molecule has 0 radical (unpaired) electrons. The first-order valence-electron chi connectivity index (χ1n) is 9.37. The zero-order valence-electron chi connectivity index (χ0n) is 17.0. The Morgan fingerprint density at radius 2 is 1.93 bits per heavy atom. The monoisotopic (exact) mass is 408 g/mol. The van der Waals surface area contributed by atoms with Gasteiger partial charge >= 0.3 is 5.97 Å². The maximum absolute atomic E-state index is 11.9. The van der Waals surface area contributed by atoms with Crippen molar-refractivity contribution < 1.29 is 23.8 Å². The van der Waals surface area contributed by atoms with E-state index in [2.05, 4.69) is 5.32 Å². The van der Waals surface area contributed by atoms with Crippen LogP contribution in [0.25, 0.3) is 6.08 Å². The molecule has 156 valence electrons. The summed E-state index contributed by atoms with van der Waals surface area (Å²) in [6, 6.07) is 16.7. The van der Waals surface area contributed by atoms with E-state index in [-0.39, 0.29) is 25.0 Å². The first-order valence-corrected chi connectivity index (χ1v) is 9.37. The highest BCUT2D eigenvalue weighted by Gasteiger charge is 2.09. The molecule has 0 heterocycles. The summed E-state index contributed by atoms with van der Waals surface area (Å²) in [6.45, 7) is 2.02. The average molecular weight is 408 g/mol. The Morgan fingerprint density at radius 1 is 1.17 bits per heavy atom. The summed E-state index contributed by atoms with van der Waals surface area (Å²) in [7, 11) is 1.48. The van der Waals surface area contributed by atoms with E-state index in [9.17, 15) is 9.59 Å². The minimum absolute atomic E-state index is 0.0932. The van der Waals surface area contributed by atoms with Crippen LogP contribution in [0, 0.1) is 11.3 Å². The number of nitrogens with zero attached hydrogens (tertiary/aromatic N) is 1. The summed E-state index contributed by atoms with van der Waals surface area (Å²) in [5, 5.41) is 11.3. The first kappa shape index (κ1) is 22.5. The Balaban J connectivity index is 1.79. The van der Waals surface area contributed by atoms with Gasteiger partial charge < -0.3 is 19.5 Å². The number of rotatable bonds is 10. The maximum atomic E-state index is 11.9. The molecular weight excluding hydrogens is 384 g/mol. The van der Waals surface area contributed by atoms with Crippen LogP contribution in [0.15, 0.2) is 54.6 Å². The van der Waals surface area contributed by atoms with Crippen molar-refractivity contribution in [2.75, 3.05) is 26.9 Å². The second-order valence-electron chi connectivity index (χ2n) is 6.41. The maximum Gasteiger partial charge on any atom is 0.331 e. The number of benzene rings is 2. The number of hydrogen-bond donors (Lipinski definition) is 1. The third-order valence-corrected chi connectivity index (χ3v) is 4.21. The summed E-state index contributed by atoms with van der Waals surface area (Å²) in [6.07, 6.45) is 2.76. The van der Waals surface area contributed by atoms with Crippen LogP contribution in [0.1, 0.15) is 24.0 Å². The van der Waals surface area contributed by atoms with Gasteiger partial charge in [-0.15, -0.1) is 0 Å². The lowest BCUT2D eigenvalue weighted by molar-refractivity contribution is -0.143. The zero-order chi connectivity index (χ0) is 21.8. The molecule has 1 N–H and O–H groups in total. The van der Waals surface area contributed by atoms with E-state index in [1.165, 1.54) is 19.3 Å². The standard InChI is InChI=1S/C23H24N2O5/c1-17(19-6-4-3-5-7-19)15-25-22(26)16-30-23(27)11-9-18-8-10-20(29-13-12-24)21(14-18)28-2/h3-11,14,17H,13,15-16H2,1-2H3,(H,25,26)/b11-9+/t17-/m0/s1. The van der Waals surface area contributed by atoms with Crippen molar-refractivity contribution in [3.05, 3.63) is 65.7 Å². The highest BCUT2D eigenvalue weighted by atomic mass is 16.5. The Bertz CT molecular complexity index is 919. The second-order valence-corrected chi connectivity index (χ2v) is 6.41. The van der Waals surface area contributed by atoms with Gasteiger partial charge in [-0.3, -0.25) is 4.79 Å². The van der Waals surface area contributed by atoms with Crippen molar-refractivity contribution in [1.82, 2.24) is 5.32 Å². The third-order valence-electron chi connectivity index (χ3n) is 4.21. The molecule has 0 spiro atoms. The molecule has 7 heteroatoms. The number of carbonyl (C=O) groups is 2. The zero-order valence-corrected chi connectivity index (χ0v) is 17.0. The van der Waals surface area contributed by atoms with Crippen molar-refractivity contribution in [2.45, 2.75) is 12.8 Å².